The zero-order valence-corrected chi connectivity index (χ0v) is 18.7. The molecule has 0 saturated carbocycles. The molecule has 1 aliphatic rings. The van der Waals surface area contributed by atoms with Crippen LogP contribution < -0.4 is 15.2 Å². The summed E-state index contributed by atoms with van der Waals surface area (Å²) in [7, 11) is 0. The van der Waals surface area contributed by atoms with Crippen LogP contribution in [0.2, 0.25) is 0 Å². The summed E-state index contributed by atoms with van der Waals surface area (Å²) in [5.41, 5.74) is 1.85. The number of aromatic nitrogens is 1. The molecular weight excluding hydrogens is 422 g/mol. The molecule has 0 radical (unpaired) electrons. The molecule has 2 aromatic heterocycles. The van der Waals surface area contributed by atoms with E-state index in [9.17, 15) is 9.90 Å². The van der Waals surface area contributed by atoms with Crippen LogP contribution in [0.25, 0.3) is 21.0 Å². The molecule has 32 heavy (non-hydrogen) atoms. The monoisotopic (exact) mass is 449 g/mol. The Labute approximate surface area is 190 Å². The average molecular weight is 450 g/mol. The number of ether oxygens (including phenoxy) is 1. The van der Waals surface area contributed by atoms with Gasteiger partial charge in [-0.15, -0.1) is 11.3 Å². The Morgan fingerprint density at radius 1 is 1.00 bits per heavy atom. The standard InChI is InChI=1S/C25H27N3O3S/c29-19-15-23(21-7-14-32-24(21)16-19)28-11-9-27(10-12-28)8-1-2-13-31-20-5-3-18-4-6-25(30)26-22(18)17-20/h3-7,14-17,29H,1-2,8-13H2,(H,26,30). The number of pyridine rings is 1. The predicted molar refractivity (Wildman–Crippen MR) is 131 cm³/mol. The molecular formula is C25H27N3O3S. The Bertz CT molecular complexity index is 1270. The third-order valence-electron chi connectivity index (χ3n) is 6.08. The highest BCUT2D eigenvalue weighted by atomic mass is 32.1. The van der Waals surface area contributed by atoms with Crippen LogP contribution in [0.1, 0.15) is 12.8 Å². The number of piperazine rings is 1. The predicted octanol–water partition coefficient (Wildman–Crippen LogP) is 4.43. The van der Waals surface area contributed by atoms with Gasteiger partial charge in [0.2, 0.25) is 5.56 Å². The van der Waals surface area contributed by atoms with Gasteiger partial charge in [-0.05, 0) is 60.5 Å². The van der Waals surface area contributed by atoms with Crippen LogP contribution in [-0.4, -0.2) is 54.3 Å². The number of phenols is 1. The lowest BCUT2D eigenvalue weighted by Crippen LogP contribution is -2.46. The van der Waals surface area contributed by atoms with Crippen molar-refractivity contribution in [3.05, 3.63) is 64.3 Å². The fourth-order valence-electron chi connectivity index (χ4n) is 4.36. The van der Waals surface area contributed by atoms with E-state index in [2.05, 4.69) is 26.2 Å². The van der Waals surface area contributed by atoms with Gasteiger partial charge < -0.3 is 19.7 Å². The molecule has 4 aromatic rings. The van der Waals surface area contributed by atoms with Crippen LogP contribution in [0.15, 0.2) is 58.7 Å². The number of anilines is 1. The Morgan fingerprint density at radius 2 is 1.84 bits per heavy atom. The molecule has 1 fully saturated rings. The van der Waals surface area contributed by atoms with E-state index in [1.54, 1.807) is 11.3 Å². The molecule has 5 rings (SSSR count). The van der Waals surface area contributed by atoms with Crippen molar-refractivity contribution in [2.75, 3.05) is 44.2 Å². The Hall–Kier alpha value is -3.03. The summed E-state index contributed by atoms with van der Waals surface area (Å²) < 4.78 is 7.03. The molecule has 1 saturated heterocycles. The molecule has 0 aliphatic carbocycles. The number of nitrogens with one attached hydrogen (secondary N) is 1. The first kappa shape index (κ1) is 20.8. The number of aromatic amines is 1. The maximum Gasteiger partial charge on any atom is 0.248 e. The normalized spacial score (nSPS) is 14.9. The lowest BCUT2D eigenvalue weighted by Gasteiger charge is -2.36. The quantitative estimate of drug-likeness (QED) is 0.409. The first-order valence-electron chi connectivity index (χ1n) is 11.1. The number of H-pyrrole nitrogens is 1. The summed E-state index contributed by atoms with van der Waals surface area (Å²) >= 11 is 1.67. The topological polar surface area (TPSA) is 68.8 Å². The van der Waals surface area contributed by atoms with E-state index in [0.717, 1.165) is 72.6 Å². The Balaban J connectivity index is 1.07. The number of hydrogen-bond acceptors (Lipinski definition) is 6. The molecule has 2 aromatic carbocycles. The summed E-state index contributed by atoms with van der Waals surface area (Å²) in [5.74, 6) is 1.13. The number of thiophene rings is 1. The van der Waals surface area contributed by atoms with Crippen molar-refractivity contribution >= 4 is 38.0 Å². The molecule has 1 aliphatic heterocycles. The highest BCUT2D eigenvalue weighted by molar-refractivity contribution is 7.17. The molecule has 0 bridgehead atoms. The van der Waals surface area contributed by atoms with E-state index in [0.29, 0.717) is 12.4 Å². The van der Waals surface area contributed by atoms with Gasteiger partial charge in [0.15, 0.2) is 0 Å². The highest BCUT2D eigenvalue weighted by Crippen LogP contribution is 2.35. The lowest BCUT2D eigenvalue weighted by molar-refractivity contribution is 0.239. The van der Waals surface area contributed by atoms with Crippen LogP contribution in [0.4, 0.5) is 5.69 Å². The van der Waals surface area contributed by atoms with E-state index in [4.69, 9.17) is 4.74 Å². The summed E-state index contributed by atoms with van der Waals surface area (Å²) in [4.78, 5) is 19.2. The number of fused-ring (bicyclic) bond motifs is 2. The van der Waals surface area contributed by atoms with Gasteiger partial charge >= 0.3 is 0 Å². The van der Waals surface area contributed by atoms with Gasteiger partial charge in [-0.25, -0.2) is 0 Å². The summed E-state index contributed by atoms with van der Waals surface area (Å²) in [6.07, 6.45) is 2.08. The van der Waals surface area contributed by atoms with Gasteiger partial charge in [0.25, 0.3) is 0 Å². The zero-order valence-electron chi connectivity index (χ0n) is 17.9. The summed E-state index contributed by atoms with van der Waals surface area (Å²) in [6.45, 7) is 5.73. The SMILES string of the molecule is O=c1ccc2ccc(OCCCCN3CCN(c4cc(O)cc5sccc45)CC3)cc2[nH]1. The highest BCUT2D eigenvalue weighted by Gasteiger charge is 2.19. The van der Waals surface area contributed by atoms with E-state index in [1.807, 2.05) is 36.4 Å². The van der Waals surface area contributed by atoms with E-state index >= 15 is 0 Å². The van der Waals surface area contributed by atoms with E-state index in [-0.39, 0.29) is 5.56 Å². The van der Waals surface area contributed by atoms with Gasteiger partial charge in [-0.3, -0.25) is 9.69 Å². The maximum atomic E-state index is 11.5. The molecule has 3 heterocycles. The van der Waals surface area contributed by atoms with Crippen molar-refractivity contribution in [1.82, 2.24) is 9.88 Å². The van der Waals surface area contributed by atoms with Gasteiger partial charge in [0, 0.05) is 60.2 Å². The molecule has 7 heteroatoms. The van der Waals surface area contributed by atoms with Crippen LogP contribution in [0.3, 0.4) is 0 Å². The van der Waals surface area contributed by atoms with E-state index in [1.165, 1.54) is 11.5 Å². The molecule has 0 spiro atoms. The van der Waals surface area contributed by atoms with Crippen molar-refractivity contribution < 1.29 is 9.84 Å². The van der Waals surface area contributed by atoms with Crippen molar-refractivity contribution in [3.63, 3.8) is 0 Å². The third kappa shape index (κ3) is 4.59. The number of benzene rings is 2. The fourth-order valence-corrected chi connectivity index (χ4v) is 5.20. The average Bonchev–Trinajstić information content (AvgIpc) is 3.27. The first-order chi connectivity index (χ1) is 15.7. The summed E-state index contributed by atoms with van der Waals surface area (Å²) in [6, 6.07) is 15.1. The van der Waals surface area contributed by atoms with Crippen molar-refractivity contribution in [1.29, 1.82) is 0 Å². The number of nitrogens with zero attached hydrogens (tertiary/aromatic N) is 2. The number of rotatable bonds is 7. The molecule has 6 nitrogen and oxygen atoms in total. The van der Waals surface area contributed by atoms with Gasteiger partial charge in [-0.2, -0.15) is 0 Å². The van der Waals surface area contributed by atoms with Crippen LogP contribution in [0, 0.1) is 0 Å². The Kier molecular flexibility index (Phi) is 6.01. The second kappa shape index (κ2) is 9.22. The minimum atomic E-state index is -0.0986. The number of phenolic OH excluding ortho intramolecular Hbond substituents is 1. The third-order valence-corrected chi connectivity index (χ3v) is 6.95. The smallest absolute Gasteiger partial charge is 0.248 e. The second-order valence-electron chi connectivity index (χ2n) is 8.25. The minimum absolute atomic E-state index is 0.0986. The van der Waals surface area contributed by atoms with Crippen molar-refractivity contribution in [2.45, 2.75) is 12.8 Å². The number of hydrogen-bond donors (Lipinski definition) is 2. The number of unbranched alkanes of at least 4 members (excludes halogenated alkanes) is 1. The van der Waals surface area contributed by atoms with Crippen LogP contribution >= 0.6 is 11.3 Å². The summed E-state index contributed by atoms with van der Waals surface area (Å²) in [5, 5.41) is 14.4. The van der Waals surface area contributed by atoms with Gasteiger partial charge in [0.1, 0.15) is 11.5 Å². The minimum Gasteiger partial charge on any atom is -0.508 e. The van der Waals surface area contributed by atoms with Crippen molar-refractivity contribution in [2.24, 2.45) is 0 Å². The number of aromatic hydroxyl groups is 1. The largest absolute Gasteiger partial charge is 0.508 e. The molecule has 0 unspecified atom stereocenters. The van der Waals surface area contributed by atoms with Gasteiger partial charge in [0.05, 0.1) is 12.1 Å². The fraction of sp³-hybridized carbons (Fsp3) is 0.320. The van der Waals surface area contributed by atoms with Crippen LogP contribution in [-0.2, 0) is 0 Å². The molecule has 2 N–H and O–H groups in total. The second-order valence-corrected chi connectivity index (χ2v) is 9.20. The van der Waals surface area contributed by atoms with E-state index < -0.39 is 0 Å². The first-order valence-corrected chi connectivity index (χ1v) is 12.0. The van der Waals surface area contributed by atoms with Crippen molar-refractivity contribution in [3.8, 4) is 11.5 Å². The molecule has 0 amide bonds. The lowest BCUT2D eigenvalue weighted by atomic mass is 10.1. The molecule has 0 atom stereocenters. The molecule has 166 valence electrons. The zero-order chi connectivity index (χ0) is 21.9. The van der Waals surface area contributed by atoms with Crippen LogP contribution in [0.5, 0.6) is 11.5 Å². The van der Waals surface area contributed by atoms with Gasteiger partial charge in [-0.1, -0.05) is 0 Å². The Morgan fingerprint density at radius 3 is 2.72 bits per heavy atom. The maximum absolute atomic E-state index is 11.5.